The highest BCUT2D eigenvalue weighted by atomic mass is 35.5. The van der Waals surface area contributed by atoms with Crippen LogP contribution in [0, 0.1) is 0 Å². The number of amides is 1. The number of hydrogen-bond donors (Lipinski definition) is 2. The van der Waals surface area contributed by atoms with Gasteiger partial charge in [0.2, 0.25) is 5.91 Å². The lowest BCUT2D eigenvalue weighted by atomic mass is 10.2. The smallest absolute Gasteiger partial charge is 0.304 e. The zero-order chi connectivity index (χ0) is 15.2. The summed E-state index contributed by atoms with van der Waals surface area (Å²) in [5.41, 5.74) is 0. The van der Waals surface area contributed by atoms with Crippen molar-refractivity contribution in [2.75, 3.05) is 32.7 Å². The van der Waals surface area contributed by atoms with Gasteiger partial charge in [0.15, 0.2) is 0 Å². The van der Waals surface area contributed by atoms with Gasteiger partial charge in [-0.2, -0.15) is 0 Å². The summed E-state index contributed by atoms with van der Waals surface area (Å²) in [7, 11) is 0. The molecular weight excluding hydrogens is 306 g/mol. The van der Waals surface area contributed by atoms with Crippen LogP contribution >= 0.6 is 12.4 Å². The number of carbonyl (C=O) groups is 2. The molecule has 0 spiro atoms. The SMILES string of the molecule is CC(C(=O)NC1CCCC1)N1CCN(CCC(=O)O)CC1.Cl. The number of halogens is 1. The van der Waals surface area contributed by atoms with E-state index in [-0.39, 0.29) is 30.8 Å². The van der Waals surface area contributed by atoms with Crippen molar-refractivity contribution in [3.8, 4) is 0 Å². The second kappa shape index (κ2) is 9.33. The molecule has 0 bridgehead atoms. The van der Waals surface area contributed by atoms with E-state index in [4.69, 9.17) is 5.11 Å². The second-order valence-electron chi connectivity index (χ2n) is 6.19. The fourth-order valence-corrected chi connectivity index (χ4v) is 3.19. The van der Waals surface area contributed by atoms with Crippen LogP contribution in [0.25, 0.3) is 0 Å². The van der Waals surface area contributed by atoms with Crippen LogP contribution in [0.4, 0.5) is 0 Å². The van der Waals surface area contributed by atoms with Gasteiger partial charge in [0.05, 0.1) is 12.5 Å². The van der Waals surface area contributed by atoms with E-state index in [9.17, 15) is 9.59 Å². The quantitative estimate of drug-likeness (QED) is 0.757. The van der Waals surface area contributed by atoms with E-state index in [1.54, 1.807) is 0 Å². The fraction of sp³-hybridized carbons (Fsp3) is 0.867. The third-order valence-corrected chi connectivity index (χ3v) is 4.68. The highest BCUT2D eigenvalue weighted by Gasteiger charge is 2.27. The Balaban J connectivity index is 0.00000242. The number of nitrogens with zero attached hydrogens (tertiary/aromatic N) is 2. The lowest BCUT2D eigenvalue weighted by Crippen LogP contribution is -2.54. The molecule has 128 valence electrons. The third-order valence-electron chi connectivity index (χ3n) is 4.68. The van der Waals surface area contributed by atoms with Crippen molar-refractivity contribution < 1.29 is 14.7 Å². The summed E-state index contributed by atoms with van der Waals surface area (Å²) in [6, 6.07) is 0.282. The summed E-state index contributed by atoms with van der Waals surface area (Å²) in [5.74, 6) is -0.609. The van der Waals surface area contributed by atoms with E-state index in [0.29, 0.717) is 12.6 Å². The van der Waals surface area contributed by atoms with Gasteiger partial charge in [-0.05, 0) is 19.8 Å². The molecule has 1 amide bonds. The predicted octanol–water partition coefficient (Wildman–Crippen LogP) is 0.948. The first kappa shape index (κ1) is 19.2. The molecule has 0 aromatic carbocycles. The molecule has 0 radical (unpaired) electrons. The first-order valence-corrected chi connectivity index (χ1v) is 8.05. The maximum Gasteiger partial charge on any atom is 0.304 e. The second-order valence-corrected chi connectivity index (χ2v) is 6.19. The maximum absolute atomic E-state index is 12.3. The van der Waals surface area contributed by atoms with E-state index in [1.807, 2.05) is 6.92 Å². The van der Waals surface area contributed by atoms with Crippen LogP contribution in [0.3, 0.4) is 0 Å². The molecule has 1 aliphatic heterocycles. The molecule has 7 heteroatoms. The molecule has 22 heavy (non-hydrogen) atoms. The van der Waals surface area contributed by atoms with Crippen LogP contribution in [-0.2, 0) is 9.59 Å². The summed E-state index contributed by atoms with van der Waals surface area (Å²) in [5, 5.41) is 11.9. The Morgan fingerprint density at radius 2 is 1.77 bits per heavy atom. The van der Waals surface area contributed by atoms with Crippen molar-refractivity contribution in [1.29, 1.82) is 0 Å². The minimum atomic E-state index is -0.748. The van der Waals surface area contributed by atoms with E-state index in [1.165, 1.54) is 12.8 Å². The first-order chi connectivity index (χ1) is 10.1. The molecule has 2 fully saturated rings. The Hall–Kier alpha value is -0.850. The van der Waals surface area contributed by atoms with Crippen LogP contribution in [0.5, 0.6) is 0 Å². The van der Waals surface area contributed by atoms with Crippen LogP contribution in [0.1, 0.15) is 39.0 Å². The van der Waals surface area contributed by atoms with E-state index in [2.05, 4.69) is 15.1 Å². The summed E-state index contributed by atoms with van der Waals surface area (Å²) in [6.07, 6.45) is 4.86. The van der Waals surface area contributed by atoms with Gasteiger partial charge in [-0.25, -0.2) is 0 Å². The Morgan fingerprint density at radius 1 is 1.18 bits per heavy atom. The average Bonchev–Trinajstić information content (AvgIpc) is 2.97. The monoisotopic (exact) mass is 333 g/mol. The number of rotatable bonds is 6. The molecular formula is C15H28ClN3O3. The van der Waals surface area contributed by atoms with Gasteiger partial charge in [-0.1, -0.05) is 12.8 Å². The topological polar surface area (TPSA) is 72.9 Å². The number of carboxylic acids is 1. The first-order valence-electron chi connectivity index (χ1n) is 8.05. The number of carboxylic acid groups (broad SMARTS) is 1. The molecule has 1 saturated carbocycles. The molecule has 6 nitrogen and oxygen atoms in total. The average molecular weight is 334 g/mol. The lowest BCUT2D eigenvalue weighted by molar-refractivity contribution is -0.137. The highest BCUT2D eigenvalue weighted by molar-refractivity contribution is 5.85. The summed E-state index contributed by atoms with van der Waals surface area (Å²) < 4.78 is 0. The zero-order valence-corrected chi connectivity index (χ0v) is 14.1. The molecule has 0 aromatic heterocycles. The molecule has 2 aliphatic rings. The van der Waals surface area contributed by atoms with E-state index in [0.717, 1.165) is 39.0 Å². The van der Waals surface area contributed by atoms with E-state index < -0.39 is 5.97 Å². The van der Waals surface area contributed by atoms with Gasteiger partial charge < -0.3 is 15.3 Å². The summed E-state index contributed by atoms with van der Waals surface area (Å²) in [4.78, 5) is 27.2. The minimum Gasteiger partial charge on any atom is -0.481 e. The summed E-state index contributed by atoms with van der Waals surface area (Å²) in [6.45, 7) is 5.92. The van der Waals surface area contributed by atoms with Crippen molar-refractivity contribution in [3.63, 3.8) is 0 Å². The molecule has 1 heterocycles. The number of nitrogens with one attached hydrogen (secondary N) is 1. The highest BCUT2D eigenvalue weighted by Crippen LogP contribution is 2.18. The van der Waals surface area contributed by atoms with E-state index >= 15 is 0 Å². The molecule has 0 aromatic rings. The number of carbonyl (C=O) groups excluding carboxylic acids is 1. The van der Waals surface area contributed by atoms with Crippen LogP contribution in [0.15, 0.2) is 0 Å². The van der Waals surface area contributed by atoms with Crippen LogP contribution in [0.2, 0.25) is 0 Å². The standard InChI is InChI=1S/C15H27N3O3.ClH/c1-12(15(21)16-13-4-2-3-5-13)18-10-8-17(9-11-18)7-6-14(19)20;/h12-13H,2-11H2,1H3,(H,16,21)(H,19,20);1H. The molecule has 1 saturated heterocycles. The normalized spacial score (nSPS) is 22.0. The number of hydrogen-bond acceptors (Lipinski definition) is 4. The Morgan fingerprint density at radius 3 is 2.32 bits per heavy atom. The van der Waals surface area contributed by atoms with Gasteiger partial charge >= 0.3 is 5.97 Å². The number of aliphatic carboxylic acids is 1. The zero-order valence-electron chi connectivity index (χ0n) is 13.3. The number of piperazine rings is 1. The Labute approximate surface area is 138 Å². The molecule has 1 atom stereocenters. The van der Waals surface area contributed by atoms with Crippen molar-refractivity contribution in [2.45, 2.75) is 51.1 Å². The van der Waals surface area contributed by atoms with Crippen LogP contribution < -0.4 is 5.32 Å². The summed E-state index contributed by atoms with van der Waals surface area (Å²) >= 11 is 0. The van der Waals surface area contributed by atoms with Crippen LogP contribution in [-0.4, -0.2) is 71.6 Å². The predicted molar refractivity (Wildman–Crippen MR) is 87.4 cm³/mol. The van der Waals surface area contributed by atoms with Gasteiger partial charge in [0.1, 0.15) is 0 Å². The molecule has 2 N–H and O–H groups in total. The van der Waals surface area contributed by atoms with Gasteiger partial charge in [-0.15, -0.1) is 12.4 Å². The van der Waals surface area contributed by atoms with Gasteiger partial charge in [0, 0.05) is 38.8 Å². The van der Waals surface area contributed by atoms with Gasteiger partial charge in [0.25, 0.3) is 0 Å². The Bertz CT molecular complexity index is 367. The largest absolute Gasteiger partial charge is 0.481 e. The molecule has 2 rings (SSSR count). The Kier molecular flexibility index (Phi) is 8.14. The molecule has 1 unspecified atom stereocenters. The van der Waals surface area contributed by atoms with Gasteiger partial charge in [-0.3, -0.25) is 14.5 Å². The minimum absolute atomic E-state index is 0. The van der Waals surface area contributed by atoms with Crippen molar-refractivity contribution in [3.05, 3.63) is 0 Å². The molecule has 1 aliphatic carbocycles. The lowest BCUT2D eigenvalue weighted by Gasteiger charge is -2.37. The van der Waals surface area contributed by atoms with Crippen molar-refractivity contribution in [2.24, 2.45) is 0 Å². The fourth-order valence-electron chi connectivity index (χ4n) is 3.19. The van der Waals surface area contributed by atoms with Crippen molar-refractivity contribution in [1.82, 2.24) is 15.1 Å². The third kappa shape index (κ3) is 5.74. The maximum atomic E-state index is 12.3. The van der Waals surface area contributed by atoms with Crippen molar-refractivity contribution >= 4 is 24.3 Å².